The summed E-state index contributed by atoms with van der Waals surface area (Å²) in [7, 11) is 0. The zero-order valence-electron chi connectivity index (χ0n) is 74.7. The van der Waals surface area contributed by atoms with Gasteiger partial charge in [-0.2, -0.15) is 0 Å². The van der Waals surface area contributed by atoms with Crippen LogP contribution in [-0.4, -0.2) is 0 Å². The molecule has 0 aromatic heterocycles. The predicted molar refractivity (Wildman–Crippen MR) is 453 cm³/mol. The Kier molecular flexibility index (Phi) is 53.7. The van der Waals surface area contributed by atoms with Gasteiger partial charge in [0.25, 0.3) is 0 Å². The molecule has 0 nitrogen and oxygen atoms in total. The van der Waals surface area contributed by atoms with Crippen molar-refractivity contribution in [3.8, 4) is 0 Å². The van der Waals surface area contributed by atoms with Gasteiger partial charge < -0.3 is 0 Å². The van der Waals surface area contributed by atoms with Gasteiger partial charge in [-0.3, -0.25) is 0 Å². The first kappa shape index (κ1) is 98.0. The standard InChI is InChI=1S/C11H22.3C9H18.C8H14.3C8H16.2C7H14.2C7H16/c1-9-10(2,3)7-6-8-11(9,4)5;1-8-4-6-9(2,3)7-5-8;1-8-6-4-5-7-9(8,2)3;1-7-5-4-6-8(2)9(7)3;1-6-4-7-2-3-8(6)5-7;1-7-5-3-4-6-8(7)2;1-7(2)8-5-3-4-6-8;1-2-8-6-4-3-5-7-8;1-6(2)7-4-3-5-7;1-2-7-5-3-4-6-7;1-5-6-7(2,3)4;1-4-7(5-2)6-3/h9H,6-8H2,1-5H3;2*8H,4-7H2,1-3H3;7-9H,4-6H2,1-3H3;6-8H,2-5H2,1H3;2*7-8H,3-6H2,1-2H3;8H,2-7H2,1H3;6-7H,3-5H2,1-2H3;7H,2-6H2,1H3;5-6H2,1-4H3;7H,4-6H2,1-3H3/t;;8-;;6-,7?,8?;7-,8?;;;;;;/m..1.01....../s1. The minimum Gasteiger partial charge on any atom is -0.0654 e. The first-order chi connectivity index (χ1) is 45.8. The van der Waals surface area contributed by atoms with Crippen LogP contribution in [-0.2, 0) is 0 Å². The maximum atomic E-state index is 2.42. The highest BCUT2D eigenvalue weighted by Gasteiger charge is 2.41. The average Bonchev–Trinajstić information content (AvgIpc) is 0.972. The minimum atomic E-state index is 0.550. The zero-order valence-corrected chi connectivity index (χ0v) is 74.7. The highest BCUT2D eigenvalue weighted by Crippen LogP contribution is 2.51. The monoisotopic (exact) mass is 1380 g/mol. The summed E-state index contributed by atoms with van der Waals surface area (Å²) < 4.78 is 0. The van der Waals surface area contributed by atoms with Crippen molar-refractivity contribution in [1.82, 2.24) is 0 Å². The topological polar surface area (TPSA) is 0 Å². The maximum Gasteiger partial charge on any atom is -0.0323 e. The average molecular weight is 1380 g/mol. The molecule has 0 spiro atoms. The summed E-state index contributed by atoms with van der Waals surface area (Å²) in [5, 5.41) is 0. The van der Waals surface area contributed by atoms with E-state index < -0.39 is 0 Å². The van der Waals surface area contributed by atoms with E-state index in [0.717, 1.165) is 107 Å². The lowest BCUT2D eigenvalue weighted by Gasteiger charge is -2.47. The van der Waals surface area contributed by atoms with Crippen LogP contribution in [0.4, 0.5) is 0 Å². The van der Waals surface area contributed by atoms with Gasteiger partial charge in [-0.1, -0.05) is 439 Å². The van der Waals surface area contributed by atoms with E-state index in [9.17, 15) is 0 Å². The summed E-state index contributed by atoms with van der Waals surface area (Å²) in [6.07, 6.45) is 65.9. The lowest BCUT2D eigenvalue weighted by atomic mass is 9.58. The second-order valence-electron chi connectivity index (χ2n) is 41.8. The Morgan fingerprint density at radius 2 is 0.724 bits per heavy atom. The molecule has 8 atom stereocenters. The summed E-state index contributed by atoms with van der Waals surface area (Å²) >= 11 is 0. The number of hydrogen-bond acceptors (Lipinski definition) is 0. The van der Waals surface area contributed by atoms with Gasteiger partial charge in [0.2, 0.25) is 0 Å². The molecule has 0 aromatic rings. The van der Waals surface area contributed by atoms with E-state index in [-0.39, 0.29) is 0 Å². The van der Waals surface area contributed by atoms with Crippen LogP contribution in [0.1, 0.15) is 497 Å². The first-order valence-electron chi connectivity index (χ1n) is 45.8. The van der Waals surface area contributed by atoms with Crippen LogP contribution in [0.25, 0.3) is 0 Å². The molecule has 0 heterocycles. The molecule has 590 valence electrons. The molecule has 11 aliphatic carbocycles. The zero-order chi connectivity index (χ0) is 74.7. The summed E-state index contributed by atoms with van der Waals surface area (Å²) in [6, 6.07) is 0. The second-order valence-corrected chi connectivity index (χ2v) is 41.8. The highest BCUT2D eigenvalue weighted by molar-refractivity contribution is 4.91. The van der Waals surface area contributed by atoms with Crippen molar-refractivity contribution in [2.24, 2.45) is 134 Å². The Morgan fingerprint density at radius 1 is 0.347 bits per heavy atom. The van der Waals surface area contributed by atoms with Crippen LogP contribution < -0.4 is 0 Å². The molecule has 0 radical (unpaired) electrons. The van der Waals surface area contributed by atoms with E-state index >= 15 is 0 Å². The third kappa shape index (κ3) is 45.5. The lowest BCUT2D eigenvalue weighted by molar-refractivity contribution is 0.0286. The van der Waals surface area contributed by atoms with Crippen LogP contribution in [0.2, 0.25) is 0 Å². The molecular weight excluding hydrogens is 1180 g/mol. The van der Waals surface area contributed by atoms with Gasteiger partial charge in [-0.05, 0) is 191 Å². The Bertz CT molecular complexity index is 1690. The van der Waals surface area contributed by atoms with Crippen LogP contribution >= 0.6 is 0 Å². The van der Waals surface area contributed by atoms with Gasteiger partial charge in [0.1, 0.15) is 0 Å². The molecule has 0 heteroatoms. The second kappa shape index (κ2) is 53.7. The highest BCUT2D eigenvalue weighted by atomic mass is 14.5. The first-order valence-corrected chi connectivity index (χ1v) is 45.8. The molecule has 98 heavy (non-hydrogen) atoms. The molecular formula is C98H198. The van der Waals surface area contributed by atoms with Crippen LogP contribution in [0.15, 0.2) is 0 Å². The number of hydrogen-bond donors (Lipinski definition) is 0. The van der Waals surface area contributed by atoms with Crippen molar-refractivity contribution in [2.45, 2.75) is 497 Å². The van der Waals surface area contributed by atoms with E-state index in [2.05, 4.69) is 208 Å². The predicted octanol–water partition coefficient (Wildman–Crippen LogP) is 35.2. The van der Waals surface area contributed by atoms with Crippen molar-refractivity contribution in [1.29, 1.82) is 0 Å². The van der Waals surface area contributed by atoms with Crippen molar-refractivity contribution >= 4 is 0 Å². The molecule has 11 fully saturated rings. The van der Waals surface area contributed by atoms with Crippen molar-refractivity contribution < 1.29 is 0 Å². The quantitative estimate of drug-likeness (QED) is 0.227. The smallest absolute Gasteiger partial charge is 0.0323 e. The fourth-order valence-corrected chi connectivity index (χ4v) is 19.0. The van der Waals surface area contributed by atoms with Gasteiger partial charge in [0.15, 0.2) is 0 Å². The minimum absolute atomic E-state index is 0.550. The van der Waals surface area contributed by atoms with E-state index in [1.165, 1.54) is 263 Å². The maximum absolute atomic E-state index is 2.42. The molecule has 0 amide bonds. The molecule has 11 aliphatic rings. The molecule has 11 rings (SSSR count). The van der Waals surface area contributed by atoms with Gasteiger partial charge in [-0.25, -0.2) is 0 Å². The summed E-state index contributed by atoms with van der Waals surface area (Å²) in [5.41, 5.74) is 2.99. The molecule has 0 saturated heterocycles. The van der Waals surface area contributed by atoms with Gasteiger partial charge >= 0.3 is 0 Å². The van der Waals surface area contributed by atoms with Crippen LogP contribution in [0.5, 0.6) is 0 Å². The Hall–Kier alpha value is 0. The number of fused-ring (bicyclic) bond motifs is 2. The largest absolute Gasteiger partial charge is 0.0654 e. The van der Waals surface area contributed by atoms with E-state index in [1.54, 1.807) is 25.7 Å². The van der Waals surface area contributed by atoms with Gasteiger partial charge in [-0.15, -0.1) is 0 Å². The molecule has 11 saturated carbocycles. The molecule has 5 unspecified atom stereocenters. The molecule has 2 bridgehead atoms. The Balaban J connectivity index is 0.00000105. The Morgan fingerprint density at radius 3 is 0.949 bits per heavy atom. The third-order valence-corrected chi connectivity index (χ3v) is 29.9. The van der Waals surface area contributed by atoms with Gasteiger partial charge in [0, 0.05) is 0 Å². The fraction of sp³-hybridized carbons (Fsp3) is 1.00. The molecule has 0 aliphatic heterocycles. The van der Waals surface area contributed by atoms with Crippen molar-refractivity contribution in [3.63, 3.8) is 0 Å². The Labute approximate surface area is 626 Å². The van der Waals surface area contributed by atoms with Crippen LogP contribution in [0, 0.1) is 134 Å². The summed E-state index contributed by atoms with van der Waals surface area (Å²) in [6.45, 7) is 70.5. The SMILES string of the molecule is CC(C)C1CCC1.CC(C)C1CCCC1.CC1C(C)(C)CCCC1(C)C.CC1CCC(C)(C)CC1.CC1CCCC(C)C1C.CC1CCCC[C@H]1C.CCC(CC)CC.CCC1CCCC1.CCC1CCCCC1.CCCC(C)(C)C.C[C@@H]1CCCCC1(C)C.C[C@H]1CC2CCC1C2. The third-order valence-electron chi connectivity index (χ3n) is 29.9. The summed E-state index contributed by atoms with van der Waals surface area (Å²) in [4.78, 5) is 0. The fourth-order valence-electron chi connectivity index (χ4n) is 19.0. The van der Waals surface area contributed by atoms with E-state index in [4.69, 9.17) is 0 Å². The lowest BCUT2D eigenvalue weighted by Crippen LogP contribution is -2.38. The molecule has 0 aromatic carbocycles. The van der Waals surface area contributed by atoms with Crippen molar-refractivity contribution in [3.05, 3.63) is 0 Å². The van der Waals surface area contributed by atoms with Crippen LogP contribution in [0.3, 0.4) is 0 Å². The summed E-state index contributed by atoms with van der Waals surface area (Å²) in [5.74, 6) is 18.3. The van der Waals surface area contributed by atoms with E-state index in [0.29, 0.717) is 27.1 Å². The normalized spacial score (nSPS) is 29.5. The molecule has 0 N–H and O–H groups in total. The van der Waals surface area contributed by atoms with Crippen molar-refractivity contribution in [2.75, 3.05) is 0 Å². The number of rotatable bonds is 8. The van der Waals surface area contributed by atoms with E-state index in [1.807, 2.05) is 0 Å². The van der Waals surface area contributed by atoms with Gasteiger partial charge in [0.05, 0.1) is 0 Å².